The third-order valence-corrected chi connectivity index (χ3v) is 7.35. The molecule has 0 spiro atoms. The van der Waals surface area contributed by atoms with E-state index in [9.17, 15) is 16.8 Å². The lowest BCUT2D eigenvalue weighted by molar-refractivity contribution is 0.385. The zero-order chi connectivity index (χ0) is 13.9. The molecule has 1 N–H and O–H groups in total. The van der Waals surface area contributed by atoms with Gasteiger partial charge in [-0.25, -0.2) is 16.8 Å². The van der Waals surface area contributed by atoms with Gasteiger partial charge in [0, 0.05) is 19.1 Å². The van der Waals surface area contributed by atoms with Gasteiger partial charge in [-0.2, -0.15) is 4.31 Å². The van der Waals surface area contributed by atoms with E-state index in [4.69, 9.17) is 0 Å². The molecule has 0 saturated carbocycles. The second-order valence-corrected chi connectivity index (χ2v) is 9.69. The van der Waals surface area contributed by atoms with Crippen LogP contribution in [0.2, 0.25) is 0 Å². The molecule has 1 unspecified atom stereocenters. The van der Waals surface area contributed by atoms with Gasteiger partial charge in [0.25, 0.3) is 0 Å². The predicted octanol–water partition coefficient (Wildman–Crippen LogP) is -0.421. The zero-order valence-electron chi connectivity index (χ0n) is 11.0. The summed E-state index contributed by atoms with van der Waals surface area (Å²) in [6.07, 6.45) is 3.96. The monoisotopic (exact) mass is 310 g/mol. The van der Waals surface area contributed by atoms with Crippen LogP contribution in [0.4, 0.5) is 0 Å². The van der Waals surface area contributed by atoms with Crippen LogP contribution in [0.25, 0.3) is 0 Å². The Bertz CT molecular complexity index is 481. The van der Waals surface area contributed by atoms with Crippen molar-refractivity contribution in [1.82, 2.24) is 9.62 Å². The van der Waals surface area contributed by atoms with Crippen LogP contribution in [-0.4, -0.2) is 64.1 Å². The summed E-state index contributed by atoms with van der Waals surface area (Å²) in [5.74, 6) is 0.0204. The number of sulfone groups is 1. The van der Waals surface area contributed by atoms with Gasteiger partial charge in [-0.15, -0.1) is 0 Å². The zero-order valence-corrected chi connectivity index (χ0v) is 12.7. The number of nitrogens with one attached hydrogen (secondary N) is 1. The molecule has 2 fully saturated rings. The van der Waals surface area contributed by atoms with E-state index in [1.165, 1.54) is 4.31 Å². The molecule has 2 aliphatic rings. The molecule has 112 valence electrons. The van der Waals surface area contributed by atoms with Crippen molar-refractivity contribution in [2.75, 3.05) is 36.9 Å². The Kier molecular flexibility index (Phi) is 4.86. The summed E-state index contributed by atoms with van der Waals surface area (Å²) in [4.78, 5) is 0. The molecule has 0 aromatic carbocycles. The standard InChI is InChI=1S/C11H22N2O4S2/c14-18(15)9-6-13(7-10-18)19(16,17)8-4-11-3-1-2-5-12-11/h11-12H,1-10H2. The Morgan fingerprint density at radius 3 is 2.42 bits per heavy atom. The molecule has 0 aromatic heterocycles. The average Bonchev–Trinajstić information content (AvgIpc) is 2.37. The first-order valence-electron chi connectivity index (χ1n) is 6.81. The highest BCUT2D eigenvalue weighted by Gasteiger charge is 2.30. The van der Waals surface area contributed by atoms with Gasteiger partial charge >= 0.3 is 0 Å². The van der Waals surface area contributed by atoms with Crippen LogP contribution in [0.5, 0.6) is 0 Å². The van der Waals surface area contributed by atoms with Crippen molar-refractivity contribution in [3.8, 4) is 0 Å². The number of rotatable bonds is 4. The number of nitrogens with zero attached hydrogens (tertiary/aromatic N) is 1. The SMILES string of the molecule is O=S1(=O)CCN(S(=O)(=O)CCC2CCCCN2)CC1. The Morgan fingerprint density at radius 1 is 1.16 bits per heavy atom. The Morgan fingerprint density at radius 2 is 1.84 bits per heavy atom. The summed E-state index contributed by atoms with van der Waals surface area (Å²) in [5.41, 5.74) is 0. The summed E-state index contributed by atoms with van der Waals surface area (Å²) in [6.45, 7) is 1.19. The number of sulfonamides is 1. The van der Waals surface area contributed by atoms with E-state index >= 15 is 0 Å². The molecular formula is C11H22N2O4S2. The maximum Gasteiger partial charge on any atom is 0.214 e. The van der Waals surface area contributed by atoms with Gasteiger partial charge in [-0.3, -0.25) is 0 Å². The van der Waals surface area contributed by atoms with E-state index in [-0.39, 0.29) is 36.4 Å². The van der Waals surface area contributed by atoms with Crippen LogP contribution >= 0.6 is 0 Å². The van der Waals surface area contributed by atoms with Gasteiger partial charge in [0.05, 0.1) is 17.3 Å². The van der Waals surface area contributed by atoms with Crippen molar-refractivity contribution < 1.29 is 16.8 Å². The van der Waals surface area contributed by atoms with Crippen molar-refractivity contribution in [3.63, 3.8) is 0 Å². The fourth-order valence-corrected chi connectivity index (χ4v) is 5.58. The van der Waals surface area contributed by atoms with Crippen molar-refractivity contribution in [2.45, 2.75) is 31.7 Å². The van der Waals surface area contributed by atoms with Crippen LogP contribution < -0.4 is 5.32 Å². The molecule has 8 heteroatoms. The largest absolute Gasteiger partial charge is 0.314 e. The predicted molar refractivity (Wildman–Crippen MR) is 74.3 cm³/mol. The van der Waals surface area contributed by atoms with Gasteiger partial charge in [0.1, 0.15) is 0 Å². The van der Waals surface area contributed by atoms with E-state index in [2.05, 4.69) is 5.32 Å². The number of hydrogen-bond acceptors (Lipinski definition) is 5. The minimum atomic E-state index is -3.30. The molecule has 2 rings (SSSR count). The van der Waals surface area contributed by atoms with Crippen molar-refractivity contribution in [1.29, 1.82) is 0 Å². The lowest BCUT2D eigenvalue weighted by Crippen LogP contribution is -2.45. The quantitative estimate of drug-likeness (QED) is 0.762. The Hall–Kier alpha value is -0.180. The summed E-state index contributed by atoms with van der Waals surface area (Å²) in [5, 5.41) is 3.33. The van der Waals surface area contributed by atoms with Crippen LogP contribution in [0.15, 0.2) is 0 Å². The molecule has 6 nitrogen and oxygen atoms in total. The summed E-state index contributed by atoms with van der Waals surface area (Å²) < 4.78 is 48.2. The van der Waals surface area contributed by atoms with Gasteiger partial charge in [0.2, 0.25) is 10.0 Å². The Balaban J connectivity index is 1.84. The molecule has 1 atom stereocenters. The van der Waals surface area contributed by atoms with Gasteiger partial charge in [-0.1, -0.05) is 6.42 Å². The maximum atomic E-state index is 12.1. The molecule has 0 radical (unpaired) electrons. The van der Waals surface area contributed by atoms with Crippen LogP contribution in [0.1, 0.15) is 25.7 Å². The highest BCUT2D eigenvalue weighted by molar-refractivity contribution is 7.92. The second kappa shape index (κ2) is 6.07. The first-order chi connectivity index (χ1) is 8.89. The first kappa shape index (κ1) is 15.2. The second-order valence-electron chi connectivity index (χ2n) is 5.30. The van der Waals surface area contributed by atoms with Crippen LogP contribution in [0.3, 0.4) is 0 Å². The van der Waals surface area contributed by atoms with E-state index in [1.807, 2.05) is 0 Å². The minimum Gasteiger partial charge on any atom is -0.314 e. The van der Waals surface area contributed by atoms with Crippen molar-refractivity contribution in [3.05, 3.63) is 0 Å². The number of piperidine rings is 1. The molecule has 0 amide bonds. The van der Waals surface area contributed by atoms with Gasteiger partial charge in [0.15, 0.2) is 9.84 Å². The van der Waals surface area contributed by atoms with Crippen molar-refractivity contribution in [2.24, 2.45) is 0 Å². The molecule has 2 saturated heterocycles. The summed E-state index contributed by atoms with van der Waals surface area (Å²) >= 11 is 0. The lowest BCUT2D eigenvalue weighted by atomic mass is 10.0. The highest BCUT2D eigenvalue weighted by Crippen LogP contribution is 2.14. The minimum absolute atomic E-state index is 0.0477. The normalized spacial score (nSPS) is 29.2. The van der Waals surface area contributed by atoms with Gasteiger partial charge < -0.3 is 5.32 Å². The first-order valence-corrected chi connectivity index (χ1v) is 10.2. The van der Waals surface area contributed by atoms with Crippen molar-refractivity contribution >= 4 is 19.9 Å². The fraction of sp³-hybridized carbons (Fsp3) is 1.00. The van der Waals surface area contributed by atoms with E-state index in [0.29, 0.717) is 6.42 Å². The Labute approximate surface area is 115 Å². The third-order valence-electron chi connectivity index (χ3n) is 3.83. The number of hydrogen-bond donors (Lipinski definition) is 1. The molecule has 19 heavy (non-hydrogen) atoms. The molecule has 0 aromatic rings. The highest BCUT2D eigenvalue weighted by atomic mass is 32.2. The van der Waals surface area contributed by atoms with E-state index in [1.54, 1.807) is 0 Å². The average molecular weight is 310 g/mol. The van der Waals surface area contributed by atoms with Gasteiger partial charge in [-0.05, 0) is 25.8 Å². The smallest absolute Gasteiger partial charge is 0.214 e. The fourth-order valence-electron chi connectivity index (χ4n) is 2.56. The van der Waals surface area contributed by atoms with E-state index < -0.39 is 19.9 Å². The molecular weight excluding hydrogens is 288 g/mol. The lowest BCUT2D eigenvalue weighted by Gasteiger charge is -2.28. The van der Waals surface area contributed by atoms with E-state index in [0.717, 1.165) is 25.8 Å². The topological polar surface area (TPSA) is 83.6 Å². The molecule has 2 aliphatic heterocycles. The van der Waals surface area contributed by atoms with Crippen LogP contribution in [0, 0.1) is 0 Å². The third kappa shape index (κ3) is 4.40. The molecule has 0 aliphatic carbocycles. The summed E-state index contributed by atoms with van der Waals surface area (Å²) in [7, 11) is -6.33. The van der Waals surface area contributed by atoms with Crippen LogP contribution in [-0.2, 0) is 19.9 Å². The maximum absolute atomic E-state index is 12.1. The molecule has 2 heterocycles. The molecule has 0 bridgehead atoms. The summed E-state index contributed by atoms with van der Waals surface area (Å²) in [6, 6.07) is 0.289.